The molecule has 1 aromatic carbocycles. The molecule has 1 N–H and O–H groups in total. The molecule has 1 heterocycles. The molecule has 2 fully saturated rings. The maximum Gasteiger partial charge on any atom is 0.222 e. The summed E-state index contributed by atoms with van der Waals surface area (Å²) in [6, 6.07) is 8.06. The van der Waals surface area contributed by atoms with Crippen LogP contribution in [0.4, 0.5) is 0 Å². The Bertz CT molecular complexity index is 557. The number of ether oxygens (including phenoxy) is 1. The van der Waals surface area contributed by atoms with Crippen LogP contribution in [-0.4, -0.2) is 42.2 Å². The molecule has 0 unspecified atom stereocenters. The average Bonchev–Trinajstić information content (AvgIpc) is 2.95. The lowest BCUT2D eigenvalue weighted by Gasteiger charge is -2.42. The minimum atomic E-state index is -0.215. The molecular weight excluding hydrogens is 302 g/mol. The Labute approximate surface area is 144 Å². The Balaban J connectivity index is 1.47. The van der Waals surface area contributed by atoms with E-state index in [4.69, 9.17) is 4.74 Å². The molecule has 132 valence electrons. The summed E-state index contributed by atoms with van der Waals surface area (Å²) < 4.78 is 5.16. The molecule has 1 aliphatic heterocycles. The third kappa shape index (κ3) is 3.75. The molecule has 0 aromatic heterocycles. The highest BCUT2D eigenvalue weighted by Gasteiger charge is 2.45. The van der Waals surface area contributed by atoms with Gasteiger partial charge >= 0.3 is 0 Å². The second-order valence-corrected chi connectivity index (χ2v) is 7.39. The fourth-order valence-electron chi connectivity index (χ4n) is 4.36. The van der Waals surface area contributed by atoms with Crippen LogP contribution in [0.25, 0.3) is 0 Å². The van der Waals surface area contributed by atoms with Crippen molar-refractivity contribution in [3.05, 3.63) is 29.8 Å². The largest absolute Gasteiger partial charge is 0.497 e. The minimum Gasteiger partial charge on any atom is -0.497 e. The third-order valence-electron chi connectivity index (χ3n) is 5.84. The fourth-order valence-corrected chi connectivity index (χ4v) is 4.36. The zero-order valence-corrected chi connectivity index (χ0v) is 14.7. The van der Waals surface area contributed by atoms with Gasteiger partial charge in [-0.15, -0.1) is 0 Å². The van der Waals surface area contributed by atoms with Gasteiger partial charge in [0.25, 0.3) is 0 Å². The number of nitrogens with zero attached hydrogens (tertiary/aromatic N) is 1. The van der Waals surface area contributed by atoms with Crippen molar-refractivity contribution in [3.8, 4) is 5.75 Å². The Morgan fingerprint density at radius 2 is 2.04 bits per heavy atom. The van der Waals surface area contributed by atoms with Gasteiger partial charge in [-0.1, -0.05) is 18.6 Å². The number of piperidine rings is 1. The quantitative estimate of drug-likeness (QED) is 0.901. The van der Waals surface area contributed by atoms with Crippen LogP contribution >= 0.6 is 0 Å². The number of methoxy groups -OCH3 is 1. The van der Waals surface area contributed by atoms with Gasteiger partial charge in [-0.25, -0.2) is 0 Å². The normalized spacial score (nSPS) is 26.8. The van der Waals surface area contributed by atoms with Gasteiger partial charge in [0, 0.05) is 24.9 Å². The van der Waals surface area contributed by atoms with Crippen molar-refractivity contribution in [3.63, 3.8) is 0 Å². The van der Waals surface area contributed by atoms with E-state index in [2.05, 4.69) is 12.1 Å². The van der Waals surface area contributed by atoms with Crippen LogP contribution in [0.3, 0.4) is 0 Å². The summed E-state index contributed by atoms with van der Waals surface area (Å²) in [5.41, 5.74) is 1.23. The number of aryl methyl sites for hydroxylation is 1. The molecule has 1 saturated heterocycles. The lowest BCUT2D eigenvalue weighted by molar-refractivity contribution is -0.136. The first-order valence-corrected chi connectivity index (χ1v) is 9.22. The van der Waals surface area contributed by atoms with E-state index >= 15 is 0 Å². The highest BCUT2D eigenvalue weighted by Crippen LogP contribution is 2.45. The predicted octanol–water partition coefficient (Wildman–Crippen LogP) is 3.17. The molecular formula is C20H29NO3. The van der Waals surface area contributed by atoms with E-state index in [1.54, 1.807) is 7.11 Å². The molecule has 1 aliphatic carbocycles. The van der Waals surface area contributed by atoms with E-state index in [0.717, 1.165) is 63.8 Å². The highest BCUT2D eigenvalue weighted by molar-refractivity contribution is 5.76. The Morgan fingerprint density at radius 1 is 1.29 bits per heavy atom. The lowest BCUT2D eigenvalue weighted by Crippen LogP contribution is -2.49. The summed E-state index contributed by atoms with van der Waals surface area (Å²) in [5, 5.41) is 10.3. The monoisotopic (exact) mass is 331 g/mol. The zero-order chi connectivity index (χ0) is 17.0. The van der Waals surface area contributed by atoms with Crippen molar-refractivity contribution < 1.29 is 14.6 Å². The van der Waals surface area contributed by atoms with Crippen LogP contribution in [0.15, 0.2) is 24.3 Å². The first-order valence-electron chi connectivity index (χ1n) is 9.22. The van der Waals surface area contributed by atoms with Crippen LogP contribution in [0, 0.1) is 5.41 Å². The van der Waals surface area contributed by atoms with Crippen LogP contribution < -0.4 is 4.74 Å². The van der Waals surface area contributed by atoms with Crippen LogP contribution in [-0.2, 0) is 11.2 Å². The Kier molecular flexibility index (Phi) is 5.44. The summed E-state index contributed by atoms with van der Waals surface area (Å²) in [6.07, 6.45) is 7.34. The number of rotatable bonds is 5. The summed E-state index contributed by atoms with van der Waals surface area (Å²) in [6.45, 7) is 1.62. The molecule has 2 atom stereocenters. The number of benzene rings is 1. The van der Waals surface area contributed by atoms with E-state index in [9.17, 15) is 9.90 Å². The van der Waals surface area contributed by atoms with Gasteiger partial charge in [-0.2, -0.15) is 0 Å². The summed E-state index contributed by atoms with van der Waals surface area (Å²) >= 11 is 0. The van der Waals surface area contributed by atoms with Crippen LogP contribution in [0.2, 0.25) is 0 Å². The van der Waals surface area contributed by atoms with Crippen molar-refractivity contribution in [2.45, 2.75) is 57.5 Å². The summed E-state index contributed by atoms with van der Waals surface area (Å²) in [4.78, 5) is 14.6. The highest BCUT2D eigenvalue weighted by atomic mass is 16.5. The average molecular weight is 331 g/mol. The molecule has 2 aliphatic rings. The SMILES string of the molecule is COc1ccc(CCCC(=O)N2CCC[C@@]3(CCC[C@H]3O)C2)cc1. The molecule has 1 saturated carbocycles. The first-order chi connectivity index (χ1) is 11.6. The molecule has 4 heteroatoms. The molecule has 1 aromatic rings. The number of amides is 1. The Morgan fingerprint density at radius 3 is 2.71 bits per heavy atom. The molecule has 4 nitrogen and oxygen atoms in total. The topological polar surface area (TPSA) is 49.8 Å². The number of aliphatic hydroxyl groups excluding tert-OH is 1. The molecule has 24 heavy (non-hydrogen) atoms. The van der Waals surface area contributed by atoms with E-state index < -0.39 is 0 Å². The van der Waals surface area contributed by atoms with Crippen molar-refractivity contribution in [2.24, 2.45) is 5.41 Å². The Hall–Kier alpha value is -1.55. The van der Waals surface area contributed by atoms with Crippen LogP contribution in [0.5, 0.6) is 5.75 Å². The number of aliphatic hydroxyl groups is 1. The predicted molar refractivity (Wildman–Crippen MR) is 94.0 cm³/mol. The first kappa shape index (κ1) is 17.3. The standard InChI is InChI=1S/C20H29NO3/c1-24-17-10-8-16(9-11-17)5-2-7-19(23)21-14-4-13-20(15-21)12-3-6-18(20)22/h8-11,18,22H,2-7,12-15H2,1H3/t18-,20+/m1/s1. The van der Waals surface area contributed by atoms with Gasteiger partial charge in [-0.05, 0) is 56.2 Å². The summed E-state index contributed by atoms with van der Waals surface area (Å²) in [7, 11) is 1.67. The van der Waals surface area contributed by atoms with Crippen molar-refractivity contribution >= 4 is 5.91 Å². The molecule has 1 spiro atoms. The van der Waals surface area contributed by atoms with Gasteiger partial charge in [0.1, 0.15) is 5.75 Å². The molecule has 0 radical (unpaired) electrons. The fraction of sp³-hybridized carbons (Fsp3) is 0.650. The second kappa shape index (κ2) is 7.56. The van der Waals surface area contributed by atoms with Crippen molar-refractivity contribution in [2.75, 3.05) is 20.2 Å². The smallest absolute Gasteiger partial charge is 0.222 e. The number of hydrogen-bond acceptors (Lipinski definition) is 3. The van der Waals surface area contributed by atoms with Gasteiger partial charge in [-0.3, -0.25) is 4.79 Å². The third-order valence-corrected chi connectivity index (χ3v) is 5.84. The maximum absolute atomic E-state index is 12.6. The van der Waals surface area contributed by atoms with Crippen LogP contribution in [0.1, 0.15) is 50.5 Å². The number of hydrogen-bond donors (Lipinski definition) is 1. The molecule has 1 amide bonds. The molecule has 0 bridgehead atoms. The van der Waals surface area contributed by atoms with Gasteiger partial charge in [0.15, 0.2) is 0 Å². The van der Waals surface area contributed by atoms with E-state index in [1.165, 1.54) is 5.56 Å². The van der Waals surface area contributed by atoms with E-state index in [1.807, 2.05) is 17.0 Å². The van der Waals surface area contributed by atoms with Gasteiger partial charge in [0.2, 0.25) is 5.91 Å². The van der Waals surface area contributed by atoms with Gasteiger partial charge < -0.3 is 14.7 Å². The van der Waals surface area contributed by atoms with E-state index in [-0.39, 0.29) is 17.4 Å². The summed E-state index contributed by atoms with van der Waals surface area (Å²) in [5.74, 6) is 1.12. The second-order valence-electron chi connectivity index (χ2n) is 7.39. The van der Waals surface area contributed by atoms with Gasteiger partial charge in [0.05, 0.1) is 13.2 Å². The zero-order valence-electron chi connectivity index (χ0n) is 14.7. The van der Waals surface area contributed by atoms with E-state index in [0.29, 0.717) is 6.42 Å². The van der Waals surface area contributed by atoms with Crippen molar-refractivity contribution in [1.82, 2.24) is 4.90 Å². The maximum atomic E-state index is 12.6. The molecule has 3 rings (SSSR count). The minimum absolute atomic E-state index is 0.0100. The number of likely N-dealkylation sites (tertiary alicyclic amines) is 1. The number of carbonyl (C=O) groups excluding carboxylic acids is 1. The number of carbonyl (C=O) groups is 1. The lowest BCUT2D eigenvalue weighted by atomic mass is 9.76. The van der Waals surface area contributed by atoms with Crippen molar-refractivity contribution in [1.29, 1.82) is 0 Å².